The SMILES string of the molecule is C1=CSSC1.C=C.C=C.C=C.C=C.CSC. The molecule has 0 atom stereocenters. The zero-order chi connectivity index (χ0) is 14.2. The lowest BCUT2D eigenvalue weighted by Crippen LogP contribution is -1.46. The molecule has 0 N–H and O–H groups in total. The zero-order valence-electron chi connectivity index (χ0n) is 10.7. The highest BCUT2D eigenvalue weighted by Gasteiger charge is 1.85. The van der Waals surface area contributed by atoms with Crippen molar-refractivity contribution < 1.29 is 0 Å². The van der Waals surface area contributed by atoms with Crippen molar-refractivity contribution in [3.8, 4) is 0 Å². The first-order chi connectivity index (χ1) is 7.91. The van der Waals surface area contributed by atoms with E-state index in [1.807, 2.05) is 34.1 Å². The molecule has 0 unspecified atom stereocenters. The van der Waals surface area contributed by atoms with Gasteiger partial charge in [-0.3, -0.25) is 0 Å². The van der Waals surface area contributed by atoms with Gasteiger partial charge in [0.25, 0.3) is 0 Å². The second-order valence-corrected chi connectivity index (χ2v) is 4.30. The van der Waals surface area contributed by atoms with E-state index < -0.39 is 0 Å². The molecule has 96 valence electrons. The summed E-state index contributed by atoms with van der Waals surface area (Å²) in [7, 11) is 3.69. The van der Waals surface area contributed by atoms with Gasteiger partial charge in [-0.25, -0.2) is 0 Å². The Hall–Kier alpha value is -0.250. The molecule has 0 nitrogen and oxygen atoms in total. The summed E-state index contributed by atoms with van der Waals surface area (Å²) in [5.74, 6) is 1.20. The molecule has 0 aromatic heterocycles. The quantitative estimate of drug-likeness (QED) is 0.389. The molecule has 3 heteroatoms. The Morgan fingerprint density at radius 3 is 1.25 bits per heavy atom. The van der Waals surface area contributed by atoms with Crippen molar-refractivity contribution in [1.29, 1.82) is 0 Å². The van der Waals surface area contributed by atoms with E-state index in [1.165, 1.54) is 5.75 Å². The summed E-state index contributed by atoms with van der Waals surface area (Å²) >= 11 is 1.75. The summed E-state index contributed by atoms with van der Waals surface area (Å²) in [6, 6.07) is 0. The fraction of sp³-hybridized carbons (Fsp3) is 0.231. The minimum absolute atomic E-state index is 1.20. The Balaban J connectivity index is -0.0000000328. The molecule has 1 heterocycles. The van der Waals surface area contributed by atoms with Gasteiger partial charge in [0.15, 0.2) is 0 Å². The fourth-order valence-electron chi connectivity index (χ4n) is 0.196. The minimum Gasteiger partial charge on any atom is -0.169 e. The molecule has 1 aliphatic rings. The van der Waals surface area contributed by atoms with Gasteiger partial charge >= 0.3 is 0 Å². The summed E-state index contributed by atoms with van der Waals surface area (Å²) in [5.41, 5.74) is 0. The largest absolute Gasteiger partial charge is 0.169 e. The molecule has 0 amide bonds. The van der Waals surface area contributed by atoms with Crippen LogP contribution in [0.3, 0.4) is 0 Å². The van der Waals surface area contributed by atoms with Gasteiger partial charge in [-0.05, 0) is 17.9 Å². The average Bonchev–Trinajstić information content (AvgIpc) is 2.98. The van der Waals surface area contributed by atoms with Crippen molar-refractivity contribution in [2.24, 2.45) is 0 Å². The first-order valence-corrected chi connectivity index (χ1v) is 8.26. The van der Waals surface area contributed by atoms with Crippen molar-refractivity contribution in [2.45, 2.75) is 0 Å². The van der Waals surface area contributed by atoms with E-state index in [-0.39, 0.29) is 0 Å². The molecule has 1 rings (SSSR count). The lowest BCUT2D eigenvalue weighted by atomic mass is 10.8. The summed E-state index contributed by atoms with van der Waals surface area (Å²) in [6.45, 7) is 24.0. The first-order valence-electron chi connectivity index (χ1n) is 4.25. The van der Waals surface area contributed by atoms with Crippen LogP contribution in [0.15, 0.2) is 64.1 Å². The molecule has 1 aliphatic heterocycles. The summed E-state index contributed by atoms with van der Waals surface area (Å²) in [4.78, 5) is 0. The van der Waals surface area contributed by atoms with Gasteiger partial charge in [-0.2, -0.15) is 11.8 Å². The lowest BCUT2D eigenvalue weighted by Gasteiger charge is -1.69. The van der Waals surface area contributed by atoms with Gasteiger partial charge in [0.2, 0.25) is 0 Å². The maximum atomic E-state index is 3.00. The molecule has 0 radical (unpaired) electrons. The molecule has 0 aromatic carbocycles. The predicted molar refractivity (Wildman–Crippen MR) is 93.6 cm³/mol. The summed E-state index contributed by atoms with van der Waals surface area (Å²) in [6.07, 6.45) is 6.25. The zero-order valence-corrected chi connectivity index (χ0v) is 13.2. The number of rotatable bonds is 0. The van der Waals surface area contributed by atoms with Crippen LogP contribution in [0.5, 0.6) is 0 Å². The lowest BCUT2D eigenvalue weighted by molar-refractivity contribution is 1.85. The minimum atomic E-state index is 1.20. The Bertz CT molecular complexity index is 89.4. The van der Waals surface area contributed by atoms with Crippen LogP contribution in [0, 0.1) is 0 Å². The Kier molecular flexibility index (Phi) is 156. The monoisotopic (exact) mass is 278 g/mol. The van der Waals surface area contributed by atoms with E-state index in [0.29, 0.717) is 0 Å². The Morgan fingerprint density at radius 1 is 0.875 bits per heavy atom. The fourth-order valence-corrected chi connectivity index (χ4v) is 1.77. The van der Waals surface area contributed by atoms with Crippen LogP contribution < -0.4 is 0 Å². The maximum absolute atomic E-state index is 3.00. The molecular formula is C13H26S3. The van der Waals surface area contributed by atoms with Crippen LogP contribution in [0.1, 0.15) is 0 Å². The number of hydrogen-bond acceptors (Lipinski definition) is 3. The Labute approximate surface area is 115 Å². The summed E-state index contributed by atoms with van der Waals surface area (Å²) < 4.78 is 0. The van der Waals surface area contributed by atoms with Crippen LogP contribution in [-0.2, 0) is 0 Å². The topological polar surface area (TPSA) is 0 Å². The van der Waals surface area contributed by atoms with Crippen molar-refractivity contribution in [1.82, 2.24) is 0 Å². The van der Waals surface area contributed by atoms with Gasteiger partial charge in [0, 0.05) is 5.75 Å². The third kappa shape index (κ3) is 99.1. The van der Waals surface area contributed by atoms with Crippen molar-refractivity contribution in [2.75, 3.05) is 18.3 Å². The third-order valence-corrected chi connectivity index (χ3v) is 2.30. The normalized spacial score (nSPS) is 8.62. The van der Waals surface area contributed by atoms with Crippen LogP contribution in [0.25, 0.3) is 0 Å². The van der Waals surface area contributed by atoms with E-state index in [4.69, 9.17) is 0 Å². The van der Waals surface area contributed by atoms with Gasteiger partial charge in [0.05, 0.1) is 0 Å². The maximum Gasteiger partial charge on any atom is 0.0229 e. The highest BCUT2D eigenvalue weighted by atomic mass is 33.1. The van der Waals surface area contributed by atoms with Crippen LogP contribution in [0.4, 0.5) is 0 Å². The van der Waals surface area contributed by atoms with E-state index >= 15 is 0 Å². The third-order valence-electron chi connectivity index (χ3n) is 0.384. The van der Waals surface area contributed by atoms with Gasteiger partial charge in [-0.15, -0.1) is 52.6 Å². The highest BCUT2D eigenvalue weighted by molar-refractivity contribution is 8.78. The molecule has 0 bridgehead atoms. The molecule has 0 saturated carbocycles. The van der Waals surface area contributed by atoms with E-state index in [2.05, 4.69) is 64.1 Å². The Morgan fingerprint density at radius 2 is 1.19 bits per heavy atom. The van der Waals surface area contributed by atoms with E-state index in [0.717, 1.165) is 0 Å². The average molecular weight is 279 g/mol. The summed E-state index contributed by atoms with van der Waals surface area (Å²) in [5, 5.41) is 2.12. The molecule has 0 fully saturated rings. The second kappa shape index (κ2) is 84.3. The van der Waals surface area contributed by atoms with Gasteiger partial charge in [-0.1, -0.05) is 27.7 Å². The molecule has 0 aromatic rings. The van der Waals surface area contributed by atoms with Crippen molar-refractivity contribution in [3.63, 3.8) is 0 Å². The second-order valence-electron chi connectivity index (χ2n) is 1.16. The molecule has 16 heavy (non-hydrogen) atoms. The first kappa shape index (κ1) is 29.7. The number of thioether (sulfide) groups is 1. The van der Waals surface area contributed by atoms with E-state index in [9.17, 15) is 0 Å². The van der Waals surface area contributed by atoms with Crippen LogP contribution in [-0.4, -0.2) is 18.3 Å². The highest BCUT2D eigenvalue weighted by Crippen LogP contribution is 2.27. The van der Waals surface area contributed by atoms with Gasteiger partial charge < -0.3 is 0 Å². The molecule has 0 aliphatic carbocycles. The smallest absolute Gasteiger partial charge is 0.0229 e. The molecule has 0 saturated heterocycles. The number of hydrogen-bond donors (Lipinski definition) is 0. The van der Waals surface area contributed by atoms with Gasteiger partial charge in [0.1, 0.15) is 0 Å². The molecular weight excluding hydrogens is 252 g/mol. The van der Waals surface area contributed by atoms with Crippen molar-refractivity contribution >= 4 is 33.3 Å². The standard InChI is InChI=1S/C3H4S2.C2H6S.4C2H4/c1-2-4-5-3-1;1-3-2;4*1-2/h1-2H,3H2;1-2H3;4*1-2H2. The van der Waals surface area contributed by atoms with Crippen molar-refractivity contribution in [3.05, 3.63) is 64.1 Å². The van der Waals surface area contributed by atoms with Crippen LogP contribution in [0.2, 0.25) is 0 Å². The van der Waals surface area contributed by atoms with Crippen LogP contribution >= 0.6 is 33.3 Å². The molecule has 0 spiro atoms. The predicted octanol–water partition coefficient (Wildman–Crippen LogP) is 6.08. The van der Waals surface area contributed by atoms with E-state index in [1.54, 1.807) is 11.8 Å².